The van der Waals surface area contributed by atoms with Gasteiger partial charge in [0.25, 0.3) is 11.8 Å². The van der Waals surface area contributed by atoms with Crippen LogP contribution in [-0.2, 0) is 4.79 Å². The quantitative estimate of drug-likeness (QED) is 0.824. The number of Topliss-reactive ketones (excluding diaryl/α,β-unsaturated/α-hetero) is 1. The number of amides is 2. The molecule has 0 saturated heterocycles. The highest BCUT2D eigenvalue weighted by molar-refractivity contribution is 6.23. The largest absolute Gasteiger partial charge is 0.378 e. The average Bonchev–Trinajstić information content (AvgIpc) is 2.86. The number of imide groups is 1. The van der Waals surface area contributed by atoms with Crippen LogP contribution >= 0.6 is 0 Å². The summed E-state index contributed by atoms with van der Waals surface area (Å²) in [5.74, 6) is -1.15. The standard InChI is InChI=1S/C20H20N2O3/c1-13(2)18(17(23)12-21-14-8-4-3-5-9-14)22-19(24)15-10-6-7-11-16(15)20(22)25/h3-11,13,18,21H,12H2,1-2H3. The molecule has 0 bridgehead atoms. The summed E-state index contributed by atoms with van der Waals surface area (Å²) in [4.78, 5) is 39.2. The Kier molecular flexibility index (Phi) is 4.65. The SMILES string of the molecule is CC(C)C(C(=O)CNc1ccccc1)N1C(=O)c2ccccc2C1=O. The fourth-order valence-corrected chi connectivity index (χ4v) is 3.12. The second-order valence-electron chi connectivity index (χ2n) is 6.40. The Labute approximate surface area is 146 Å². The Balaban J connectivity index is 1.81. The molecule has 2 aromatic carbocycles. The van der Waals surface area contributed by atoms with E-state index in [1.807, 2.05) is 44.2 Å². The molecule has 25 heavy (non-hydrogen) atoms. The lowest BCUT2D eigenvalue weighted by atomic mass is 9.97. The zero-order chi connectivity index (χ0) is 18.0. The van der Waals surface area contributed by atoms with Crippen LogP contribution in [0.5, 0.6) is 0 Å². The van der Waals surface area contributed by atoms with Crippen molar-refractivity contribution in [2.75, 3.05) is 11.9 Å². The van der Waals surface area contributed by atoms with Crippen LogP contribution in [-0.4, -0.2) is 35.1 Å². The lowest BCUT2D eigenvalue weighted by Gasteiger charge is -2.28. The molecule has 1 atom stereocenters. The van der Waals surface area contributed by atoms with Crippen LogP contribution in [0.1, 0.15) is 34.6 Å². The molecule has 0 aliphatic carbocycles. The summed E-state index contributed by atoms with van der Waals surface area (Å²) in [5.41, 5.74) is 1.55. The summed E-state index contributed by atoms with van der Waals surface area (Å²) >= 11 is 0. The molecule has 0 fully saturated rings. The number of benzene rings is 2. The molecule has 1 unspecified atom stereocenters. The van der Waals surface area contributed by atoms with E-state index in [2.05, 4.69) is 5.32 Å². The number of carbonyl (C=O) groups excluding carboxylic acids is 3. The molecule has 3 rings (SSSR count). The van der Waals surface area contributed by atoms with Crippen LogP contribution in [0.2, 0.25) is 0 Å². The third-order valence-electron chi connectivity index (χ3n) is 4.31. The molecule has 0 spiro atoms. The fraction of sp³-hybridized carbons (Fsp3) is 0.250. The molecule has 2 amide bonds. The van der Waals surface area contributed by atoms with Crippen molar-refractivity contribution in [2.45, 2.75) is 19.9 Å². The Morgan fingerprint density at radius 3 is 1.96 bits per heavy atom. The number of hydrogen-bond acceptors (Lipinski definition) is 4. The number of carbonyl (C=O) groups is 3. The van der Waals surface area contributed by atoms with Crippen LogP contribution in [0.4, 0.5) is 5.69 Å². The Morgan fingerprint density at radius 1 is 0.920 bits per heavy atom. The normalized spacial score (nSPS) is 14.6. The third kappa shape index (κ3) is 3.18. The summed E-state index contributed by atoms with van der Waals surface area (Å²) in [7, 11) is 0. The molecule has 0 aromatic heterocycles. The maximum absolute atomic E-state index is 12.8. The topological polar surface area (TPSA) is 66.5 Å². The Morgan fingerprint density at radius 2 is 1.44 bits per heavy atom. The maximum Gasteiger partial charge on any atom is 0.262 e. The summed E-state index contributed by atoms with van der Waals surface area (Å²) in [5, 5.41) is 3.06. The number of anilines is 1. The van der Waals surface area contributed by atoms with Gasteiger partial charge in [0.05, 0.1) is 17.7 Å². The molecule has 5 nitrogen and oxygen atoms in total. The smallest absolute Gasteiger partial charge is 0.262 e. The number of nitrogens with zero attached hydrogens (tertiary/aromatic N) is 1. The van der Waals surface area contributed by atoms with Crippen molar-refractivity contribution in [3.8, 4) is 0 Å². The van der Waals surface area contributed by atoms with Crippen molar-refractivity contribution in [1.82, 2.24) is 4.90 Å². The lowest BCUT2D eigenvalue weighted by molar-refractivity contribution is -0.122. The van der Waals surface area contributed by atoms with Gasteiger partial charge in [0.15, 0.2) is 5.78 Å². The van der Waals surface area contributed by atoms with E-state index in [1.165, 1.54) is 0 Å². The number of rotatable bonds is 6. The molecule has 0 radical (unpaired) electrons. The predicted molar refractivity (Wildman–Crippen MR) is 95.5 cm³/mol. The number of ketones is 1. The van der Waals surface area contributed by atoms with Crippen molar-refractivity contribution < 1.29 is 14.4 Å². The summed E-state index contributed by atoms with van der Waals surface area (Å²) in [6.45, 7) is 3.74. The van der Waals surface area contributed by atoms with Gasteiger partial charge in [-0.25, -0.2) is 0 Å². The van der Waals surface area contributed by atoms with Crippen LogP contribution < -0.4 is 5.32 Å². The highest BCUT2D eigenvalue weighted by Crippen LogP contribution is 2.27. The van der Waals surface area contributed by atoms with E-state index in [0.717, 1.165) is 10.6 Å². The Hall–Kier alpha value is -2.95. The van der Waals surface area contributed by atoms with E-state index >= 15 is 0 Å². The minimum absolute atomic E-state index is 0.0558. The van der Waals surface area contributed by atoms with Gasteiger partial charge in [-0.05, 0) is 30.2 Å². The van der Waals surface area contributed by atoms with Gasteiger partial charge in [-0.3, -0.25) is 19.3 Å². The zero-order valence-corrected chi connectivity index (χ0v) is 14.2. The van der Waals surface area contributed by atoms with E-state index in [-0.39, 0.29) is 18.2 Å². The summed E-state index contributed by atoms with van der Waals surface area (Å²) in [6.07, 6.45) is 0. The van der Waals surface area contributed by atoms with Crippen LogP contribution in [0.15, 0.2) is 54.6 Å². The summed E-state index contributed by atoms with van der Waals surface area (Å²) < 4.78 is 0. The molecule has 1 heterocycles. The van der Waals surface area contributed by atoms with Crippen LogP contribution in [0.25, 0.3) is 0 Å². The fourth-order valence-electron chi connectivity index (χ4n) is 3.12. The maximum atomic E-state index is 12.8. The van der Waals surface area contributed by atoms with Gasteiger partial charge in [-0.1, -0.05) is 44.2 Å². The summed E-state index contributed by atoms with van der Waals surface area (Å²) in [6, 6.07) is 15.3. The molecular weight excluding hydrogens is 316 g/mol. The highest BCUT2D eigenvalue weighted by atomic mass is 16.2. The second kappa shape index (κ2) is 6.89. The third-order valence-corrected chi connectivity index (χ3v) is 4.31. The number of fused-ring (bicyclic) bond motifs is 1. The van der Waals surface area contributed by atoms with Gasteiger partial charge in [0.2, 0.25) is 0 Å². The van der Waals surface area contributed by atoms with E-state index in [4.69, 9.17) is 0 Å². The average molecular weight is 336 g/mol. The first kappa shape index (κ1) is 16.9. The Bertz CT molecular complexity index is 780. The first-order valence-corrected chi connectivity index (χ1v) is 8.29. The molecule has 0 saturated carbocycles. The first-order valence-electron chi connectivity index (χ1n) is 8.29. The zero-order valence-electron chi connectivity index (χ0n) is 14.2. The molecule has 128 valence electrons. The molecular formula is C20H20N2O3. The molecule has 1 aliphatic rings. The van der Waals surface area contributed by atoms with Gasteiger partial charge < -0.3 is 5.32 Å². The number of para-hydroxylation sites is 1. The predicted octanol–water partition coefficient (Wildman–Crippen LogP) is 2.99. The van der Waals surface area contributed by atoms with Crippen molar-refractivity contribution >= 4 is 23.3 Å². The minimum Gasteiger partial charge on any atom is -0.378 e. The van der Waals surface area contributed by atoms with Crippen LogP contribution in [0.3, 0.4) is 0 Å². The van der Waals surface area contributed by atoms with E-state index in [9.17, 15) is 14.4 Å². The van der Waals surface area contributed by atoms with Crippen LogP contribution in [0, 0.1) is 5.92 Å². The lowest BCUT2D eigenvalue weighted by Crippen LogP contribution is -2.49. The minimum atomic E-state index is -0.788. The van der Waals surface area contributed by atoms with Gasteiger partial charge in [0, 0.05) is 5.69 Å². The molecule has 1 aliphatic heterocycles. The highest BCUT2D eigenvalue weighted by Gasteiger charge is 2.43. The monoisotopic (exact) mass is 336 g/mol. The van der Waals surface area contributed by atoms with Crippen molar-refractivity contribution in [1.29, 1.82) is 0 Å². The van der Waals surface area contributed by atoms with Crippen molar-refractivity contribution in [3.63, 3.8) is 0 Å². The molecule has 2 aromatic rings. The molecule has 5 heteroatoms. The van der Waals surface area contributed by atoms with Crippen molar-refractivity contribution in [2.24, 2.45) is 5.92 Å². The first-order chi connectivity index (χ1) is 12.0. The van der Waals surface area contributed by atoms with Crippen molar-refractivity contribution in [3.05, 3.63) is 65.7 Å². The van der Waals surface area contributed by atoms with Gasteiger partial charge in [0.1, 0.15) is 6.04 Å². The van der Waals surface area contributed by atoms with E-state index < -0.39 is 17.9 Å². The van der Waals surface area contributed by atoms with Gasteiger partial charge in [-0.15, -0.1) is 0 Å². The second-order valence-corrected chi connectivity index (χ2v) is 6.40. The van der Waals surface area contributed by atoms with Gasteiger partial charge >= 0.3 is 0 Å². The number of nitrogens with one attached hydrogen (secondary N) is 1. The van der Waals surface area contributed by atoms with Gasteiger partial charge in [-0.2, -0.15) is 0 Å². The van der Waals surface area contributed by atoms with E-state index in [1.54, 1.807) is 24.3 Å². The molecule has 1 N–H and O–H groups in total. The van der Waals surface area contributed by atoms with E-state index in [0.29, 0.717) is 11.1 Å². The number of hydrogen-bond donors (Lipinski definition) is 1.